The van der Waals surface area contributed by atoms with Crippen LogP contribution in [0, 0.1) is 6.92 Å². The van der Waals surface area contributed by atoms with Gasteiger partial charge in [0.15, 0.2) is 5.69 Å². The van der Waals surface area contributed by atoms with Gasteiger partial charge in [-0.25, -0.2) is 0 Å². The summed E-state index contributed by atoms with van der Waals surface area (Å²) in [7, 11) is 0. The van der Waals surface area contributed by atoms with Gasteiger partial charge in [-0.15, -0.1) is 5.10 Å². The van der Waals surface area contributed by atoms with Gasteiger partial charge < -0.3 is 10.1 Å². The fourth-order valence-electron chi connectivity index (χ4n) is 2.50. The number of para-hydroxylation sites is 1. The number of nitrogens with zero attached hydrogens (tertiary/aromatic N) is 3. The van der Waals surface area contributed by atoms with E-state index in [1.807, 2.05) is 61.5 Å². The van der Waals surface area contributed by atoms with Crippen LogP contribution >= 0.6 is 0 Å². The molecule has 1 amide bonds. The molecule has 0 saturated heterocycles. The molecule has 0 unspecified atom stereocenters. The zero-order chi connectivity index (χ0) is 18.4. The summed E-state index contributed by atoms with van der Waals surface area (Å²) in [5.41, 5.74) is 3.88. The van der Waals surface area contributed by atoms with Crippen molar-refractivity contribution in [2.45, 2.75) is 27.0 Å². The summed E-state index contributed by atoms with van der Waals surface area (Å²) in [6, 6.07) is 17.5. The molecule has 0 spiro atoms. The van der Waals surface area contributed by atoms with E-state index in [0.717, 1.165) is 16.8 Å². The molecule has 3 aromatic rings. The van der Waals surface area contributed by atoms with Gasteiger partial charge in [-0.2, -0.15) is 9.90 Å². The molecule has 0 aliphatic rings. The molecular weight excluding hydrogens is 328 g/mol. The van der Waals surface area contributed by atoms with Crippen LogP contribution < -0.4 is 5.32 Å². The van der Waals surface area contributed by atoms with Crippen LogP contribution in [0.3, 0.4) is 0 Å². The minimum absolute atomic E-state index is 0.233. The van der Waals surface area contributed by atoms with Gasteiger partial charge in [0, 0.05) is 13.2 Å². The Balaban J connectivity index is 1.62. The Kier molecular flexibility index (Phi) is 5.76. The first-order valence-electron chi connectivity index (χ1n) is 8.60. The zero-order valence-electron chi connectivity index (χ0n) is 15.0. The number of hydrogen-bond acceptors (Lipinski definition) is 4. The monoisotopic (exact) mass is 350 g/mol. The summed E-state index contributed by atoms with van der Waals surface area (Å²) < 4.78 is 5.38. The highest BCUT2D eigenvalue weighted by Crippen LogP contribution is 2.09. The molecule has 2 aromatic carbocycles. The van der Waals surface area contributed by atoms with Gasteiger partial charge in [0.05, 0.1) is 18.0 Å². The molecule has 3 rings (SSSR count). The molecule has 134 valence electrons. The molecular formula is C20H22N4O2. The number of aryl methyl sites for hydroxylation is 1. The van der Waals surface area contributed by atoms with Gasteiger partial charge in [-0.3, -0.25) is 4.79 Å². The SMILES string of the molecule is CCOCc1ccc(CNC(=O)c2nn(-c3ccccc3)nc2C)cc1. The van der Waals surface area contributed by atoms with E-state index in [4.69, 9.17) is 4.74 Å². The maximum atomic E-state index is 12.4. The molecule has 1 N–H and O–H groups in total. The van der Waals surface area contributed by atoms with Crippen LogP contribution in [0.2, 0.25) is 0 Å². The van der Waals surface area contributed by atoms with Crippen LogP contribution in [-0.4, -0.2) is 27.5 Å². The topological polar surface area (TPSA) is 69.0 Å². The van der Waals surface area contributed by atoms with Gasteiger partial charge >= 0.3 is 0 Å². The van der Waals surface area contributed by atoms with Crippen molar-refractivity contribution >= 4 is 5.91 Å². The Bertz CT molecular complexity index is 857. The van der Waals surface area contributed by atoms with E-state index in [2.05, 4.69) is 15.5 Å². The molecule has 6 nitrogen and oxygen atoms in total. The Labute approximate surface area is 152 Å². The number of rotatable bonds is 7. The van der Waals surface area contributed by atoms with E-state index in [0.29, 0.717) is 31.1 Å². The molecule has 0 radical (unpaired) electrons. The lowest BCUT2D eigenvalue weighted by Gasteiger charge is -2.06. The molecule has 0 saturated carbocycles. The van der Waals surface area contributed by atoms with Gasteiger partial charge in [0.2, 0.25) is 0 Å². The number of carbonyl (C=O) groups excluding carboxylic acids is 1. The second kappa shape index (κ2) is 8.40. The Morgan fingerprint density at radius 3 is 2.42 bits per heavy atom. The van der Waals surface area contributed by atoms with E-state index in [9.17, 15) is 4.79 Å². The summed E-state index contributed by atoms with van der Waals surface area (Å²) >= 11 is 0. The molecule has 1 aromatic heterocycles. The quantitative estimate of drug-likeness (QED) is 0.711. The fraction of sp³-hybridized carbons (Fsp3) is 0.250. The molecule has 0 atom stereocenters. The highest BCUT2D eigenvalue weighted by molar-refractivity contribution is 5.93. The van der Waals surface area contributed by atoms with Crippen molar-refractivity contribution in [3.63, 3.8) is 0 Å². The fourth-order valence-corrected chi connectivity index (χ4v) is 2.50. The minimum atomic E-state index is -0.233. The van der Waals surface area contributed by atoms with Crippen molar-refractivity contribution in [2.24, 2.45) is 0 Å². The maximum absolute atomic E-state index is 12.4. The smallest absolute Gasteiger partial charge is 0.274 e. The van der Waals surface area contributed by atoms with Crippen LogP contribution in [0.25, 0.3) is 5.69 Å². The van der Waals surface area contributed by atoms with Crippen LogP contribution in [0.4, 0.5) is 0 Å². The average Bonchev–Trinajstić information content (AvgIpc) is 3.08. The number of aromatic nitrogens is 3. The summed E-state index contributed by atoms with van der Waals surface area (Å²) in [5, 5.41) is 11.5. The van der Waals surface area contributed by atoms with E-state index in [-0.39, 0.29) is 5.91 Å². The number of carbonyl (C=O) groups is 1. The summed E-state index contributed by atoms with van der Waals surface area (Å²) in [6.07, 6.45) is 0. The first-order chi connectivity index (χ1) is 12.7. The van der Waals surface area contributed by atoms with Gasteiger partial charge in [0.1, 0.15) is 0 Å². The van der Waals surface area contributed by atoms with Crippen molar-refractivity contribution < 1.29 is 9.53 Å². The third-order valence-electron chi connectivity index (χ3n) is 3.93. The van der Waals surface area contributed by atoms with Crippen molar-refractivity contribution in [1.82, 2.24) is 20.3 Å². The molecule has 0 aliphatic carbocycles. The lowest BCUT2D eigenvalue weighted by molar-refractivity contribution is 0.0945. The highest BCUT2D eigenvalue weighted by atomic mass is 16.5. The summed E-state index contributed by atoms with van der Waals surface area (Å²) in [6.45, 7) is 5.49. The third kappa shape index (κ3) is 4.34. The lowest BCUT2D eigenvalue weighted by atomic mass is 10.1. The summed E-state index contributed by atoms with van der Waals surface area (Å²) in [4.78, 5) is 13.9. The van der Waals surface area contributed by atoms with Crippen molar-refractivity contribution in [1.29, 1.82) is 0 Å². The largest absolute Gasteiger partial charge is 0.377 e. The van der Waals surface area contributed by atoms with Crippen LogP contribution in [-0.2, 0) is 17.9 Å². The average molecular weight is 350 g/mol. The lowest BCUT2D eigenvalue weighted by Crippen LogP contribution is -2.24. The number of hydrogen-bond donors (Lipinski definition) is 1. The predicted octanol–water partition coefficient (Wildman–Crippen LogP) is 3.04. The second-order valence-electron chi connectivity index (χ2n) is 5.90. The van der Waals surface area contributed by atoms with Gasteiger partial charge in [0.25, 0.3) is 5.91 Å². The van der Waals surface area contributed by atoms with Crippen molar-refractivity contribution in [2.75, 3.05) is 6.61 Å². The zero-order valence-corrected chi connectivity index (χ0v) is 15.0. The normalized spacial score (nSPS) is 10.7. The van der Waals surface area contributed by atoms with Crippen molar-refractivity contribution in [3.05, 3.63) is 77.1 Å². The first kappa shape index (κ1) is 17.8. The Morgan fingerprint density at radius 2 is 1.73 bits per heavy atom. The Morgan fingerprint density at radius 1 is 1.04 bits per heavy atom. The van der Waals surface area contributed by atoms with Crippen LogP contribution in [0.5, 0.6) is 0 Å². The van der Waals surface area contributed by atoms with Crippen molar-refractivity contribution in [3.8, 4) is 5.69 Å². The molecule has 0 fully saturated rings. The number of nitrogens with one attached hydrogen (secondary N) is 1. The minimum Gasteiger partial charge on any atom is -0.377 e. The summed E-state index contributed by atoms with van der Waals surface area (Å²) in [5.74, 6) is -0.233. The standard InChI is InChI=1S/C20H22N4O2/c1-3-26-14-17-11-9-16(10-12-17)13-21-20(25)19-15(2)22-24(23-19)18-7-5-4-6-8-18/h4-12H,3,13-14H2,1-2H3,(H,21,25). The molecule has 26 heavy (non-hydrogen) atoms. The predicted molar refractivity (Wildman–Crippen MR) is 99.0 cm³/mol. The third-order valence-corrected chi connectivity index (χ3v) is 3.93. The number of ether oxygens (including phenoxy) is 1. The van der Waals surface area contributed by atoms with E-state index in [1.54, 1.807) is 6.92 Å². The van der Waals surface area contributed by atoms with Crippen LogP contribution in [0.1, 0.15) is 34.2 Å². The van der Waals surface area contributed by atoms with E-state index < -0.39 is 0 Å². The maximum Gasteiger partial charge on any atom is 0.274 e. The molecule has 1 heterocycles. The molecule has 6 heteroatoms. The van der Waals surface area contributed by atoms with E-state index in [1.165, 1.54) is 4.80 Å². The number of amides is 1. The second-order valence-corrected chi connectivity index (χ2v) is 5.90. The van der Waals surface area contributed by atoms with Gasteiger partial charge in [-0.05, 0) is 37.1 Å². The van der Waals surface area contributed by atoms with E-state index >= 15 is 0 Å². The van der Waals surface area contributed by atoms with Gasteiger partial charge in [-0.1, -0.05) is 42.5 Å². The molecule has 0 bridgehead atoms. The molecule has 0 aliphatic heterocycles. The Hall–Kier alpha value is -2.99. The highest BCUT2D eigenvalue weighted by Gasteiger charge is 2.16. The number of benzene rings is 2. The first-order valence-corrected chi connectivity index (χ1v) is 8.60. The van der Waals surface area contributed by atoms with Crippen LogP contribution in [0.15, 0.2) is 54.6 Å².